The average Bonchev–Trinajstić information content (AvgIpc) is 2.04. The van der Waals surface area contributed by atoms with Crippen LogP contribution in [0.1, 0.15) is 19.3 Å². The third kappa shape index (κ3) is 1.89. The quantitative estimate of drug-likeness (QED) is 0.311. The molecular formula is C7H13N3O3. The van der Waals surface area contributed by atoms with Crippen LogP contribution in [0.4, 0.5) is 4.79 Å². The van der Waals surface area contributed by atoms with Gasteiger partial charge in [0, 0.05) is 6.54 Å². The highest BCUT2D eigenvalue weighted by Gasteiger charge is 2.37. The molecule has 1 aliphatic rings. The van der Waals surface area contributed by atoms with E-state index in [2.05, 4.69) is 5.16 Å². The third-order valence-electron chi connectivity index (χ3n) is 2.22. The molecule has 0 unspecified atom stereocenters. The molecular weight excluding hydrogens is 174 g/mol. The van der Waals surface area contributed by atoms with Gasteiger partial charge in [0.2, 0.25) is 0 Å². The van der Waals surface area contributed by atoms with Gasteiger partial charge in [-0.15, -0.1) is 0 Å². The summed E-state index contributed by atoms with van der Waals surface area (Å²) >= 11 is 0. The molecule has 4 N–H and O–H groups in total. The number of hydrogen-bond acceptors (Lipinski definition) is 4. The van der Waals surface area contributed by atoms with E-state index in [1.165, 1.54) is 0 Å². The molecule has 1 atom stereocenters. The van der Waals surface area contributed by atoms with Crippen LogP contribution in [0.5, 0.6) is 0 Å². The largest absolute Gasteiger partial charge is 0.465 e. The molecule has 1 saturated heterocycles. The van der Waals surface area contributed by atoms with Crippen LogP contribution < -0.4 is 5.73 Å². The molecule has 1 amide bonds. The van der Waals surface area contributed by atoms with E-state index in [9.17, 15) is 4.79 Å². The van der Waals surface area contributed by atoms with Crippen LogP contribution in [0.3, 0.4) is 0 Å². The van der Waals surface area contributed by atoms with Crippen molar-refractivity contribution in [2.24, 2.45) is 10.9 Å². The molecule has 0 aliphatic carbocycles. The van der Waals surface area contributed by atoms with Gasteiger partial charge in [-0.2, -0.15) is 0 Å². The number of nitrogens with zero attached hydrogens (tertiary/aromatic N) is 2. The number of amides is 1. The molecule has 0 saturated carbocycles. The first-order chi connectivity index (χ1) is 6.10. The highest BCUT2D eigenvalue weighted by atomic mass is 16.4. The summed E-state index contributed by atoms with van der Waals surface area (Å²) < 4.78 is 0. The summed E-state index contributed by atoms with van der Waals surface area (Å²) in [5, 5.41) is 20.0. The molecule has 6 heteroatoms. The van der Waals surface area contributed by atoms with E-state index in [4.69, 9.17) is 16.0 Å². The van der Waals surface area contributed by atoms with Gasteiger partial charge in [-0.05, 0) is 19.3 Å². The Kier molecular flexibility index (Phi) is 2.72. The third-order valence-corrected chi connectivity index (χ3v) is 2.22. The lowest BCUT2D eigenvalue weighted by atomic mass is 9.97. The molecule has 0 bridgehead atoms. The van der Waals surface area contributed by atoms with E-state index >= 15 is 0 Å². The van der Waals surface area contributed by atoms with Crippen LogP contribution in [0, 0.1) is 0 Å². The Morgan fingerprint density at radius 2 is 2.31 bits per heavy atom. The first-order valence-corrected chi connectivity index (χ1v) is 4.08. The molecule has 0 aromatic carbocycles. The van der Waals surface area contributed by atoms with E-state index < -0.39 is 11.8 Å². The Hall–Kier alpha value is -1.30. The van der Waals surface area contributed by atoms with E-state index in [0.29, 0.717) is 13.0 Å². The monoisotopic (exact) mass is 187 g/mol. The van der Waals surface area contributed by atoms with Gasteiger partial charge in [0.15, 0.2) is 0 Å². The van der Waals surface area contributed by atoms with Crippen LogP contribution in [0.2, 0.25) is 0 Å². The van der Waals surface area contributed by atoms with Gasteiger partial charge in [0.05, 0.1) is 6.21 Å². The summed E-state index contributed by atoms with van der Waals surface area (Å²) in [5.74, 6) is 0. The zero-order valence-corrected chi connectivity index (χ0v) is 7.18. The minimum Gasteiger partial charge on any atom is -0.465 e. The molecule has 0 aromatic heterocycles. The van der Waals surface area contributed by atoms with Crippen molar-refractivity contribution in [2.45, 2.75) is 24.9 Å². The summed E-state index contributed by atoms with van der Waals surface area (Å²) in [4.78, 5) is 11.8. The standard InChI is InChI=1S/C7H13N3O3/c8-7(5-9-13)3-1-2-4-10(7)6(11)12/h5,13H,1-4,8H2,(H,11,12)/b9-5-/t7-/m0/s1. The summed E-state index contributed by atoms with van der Waals surface area (Å²) in [6.07, 6.45) is 2.11. The zero-order chi connectivity index (χ0) is 9.90. The predicted octanol–water partition coefficient (Wildman–Crippen LogP) is 0.265. The number of nitrogens with two attached hydrogens (primary N) is 1. The lowest BCUT2D eigenvalue weighted by Crippen LogP contribution is -2.61. The van der Waals surface area contributed by atoms with Crippen LogP contribution in [0.25, 0.3) is 0 Å². The van der Waals surface area contributed by atoms with E-state index in [0.717, 1.165) is 24.0 Å². The van der Waals surface area contributed by atoms with Crippen LogP contribution >= 0.6 is 0 Å². The summed E-state index contributed by atoms with van der Waals surface area (Å²) in [7, 11) is 0. The molecule has 0 aromatic rings. The molecule has 1 aliphatic heterocycles. The van der Waals surface area contributed by atoms with Crippen molar-refractivity contribution in [1.29, 1.82) is 0 Å². The Morgan fingerprint density at radius 1 is 1.62 bits per heavy atom. The highest BCUT2D eigenvalue weighted by Crippen LogP contribution is 2.21. The Morgan fingerprint density at radius 3 is 2.85 bits per heavy atom. The molecule has 6 nitrogen and oxygen atoms in total. The number of rotatable bonds is 1. The molecule has 0 spiro atoms. The van der Waals surface area contributed by atoms with E-state index in [1.807, 2.05) is 0 Å². The van der Waals surface area contributed by atoms with E-state index in [-0.39, 0.29) is 0 Å². The Balaban J connectivity index is 2.83. The zero-order valence-electron chi connectivity index (χ0n) is 7.18. The normalized spacial score (nSPS) is 29.5. The van der Waals surface area contributed by atoms with Gasteiger partial charge in [-0.25, -0.2) is 4.79 Å². The van der Waals surface area contributed by atoms with E-state index in [1.54, 1.807) is 0 Å². The fraction of sp³-hybridized carbons (Fsp3) is 0.714. The smallest absolute Gasteiger partial charge is 0.409 e. The lowest BCUT2D eigenvalue weighted by Gasteiger charge is -2.39. The van der Waals surface area contributed by atoms with Crippen molar-refractivity contribution in [2.75, 3.05) is 6.54 Å². The number of carbonyl (C=O) groups is 1. The Bertz CT molecular complexity index is 231. The summed E-state index contributed by atoms with van der Waals surface area (Å²) in [5.41, 5.74) is 4.61. The summed E-state index contributed by atoms with van der Waals surface area (Å²) in [6, 6.07) is 0. The minimum atomic E-state index is -1.14. The molecule has 13 heavy (non-hydrogen) atoms. The maximum atomic E-state index is 10.7. The Labute approximate surface area is 75.6 Å². The molecule has 0 radical (unpaired) electrons. The molecule has 1 fully saturated rings. The second-order valence-electron chi connectivity index (χ2n) is 3.13. The SMILES string of the molecule is N[C@@]1(/C=N\O)CCCCN1C(=O)O. The number of likely N-dealkylation sites (tertiary alicyclic amines) is 1. The average molecular weight is 187 g/mol. The van der Waals surface area contributed by atoms with Crippen molar-refractivity contribution >= 4 is 12.3 Å². The predicted molar refractivity (Wildman–Crippen MR) is 45.8 cm³/mol. The second kappa shape index (κ2) is 3.61. The molecule has 1 heterocycles. The molecule has 74 valence electrons. The van der Waals surface area contributed by atoms with Crippen LogP contribution in [-0.4, -0.2) is 39.7 Å². The molecule has 1 rings (SSSR count). The van der Waals surface area contributed by atoms with Gasteiger partial charge in [-0.1, -0.05) is 5.16 Å². The van der Waals surface area contributed by atoms with Gasteiger partial charge in [0.25, 0.3) is 0 Å². The van der Waals surface area contributed by atoms with Crippen molar-refractivity contribution in [3.63, 3.8) is 0 Å². The topological polar surface area (TPSA) is 99.2 Å². The fourth-order valence-corrected chi connectivity index (χ4v) is 1.53. The minimum absolute atomic E-state index is 0.387. The first kappa shape index (κ1) is 9.79. The van der Waals surface area contributed by atoms with Crippen molar-refractivity contribution in [1.82, 2.24) is 4.90 Å². The first-order valence-electron chi connectivity index (χ1n) is 4.08. The number of oxime groups is 1. The number of hydrogen-bond donors (Lipinski definition) is 3. The fourth-order valence-electron chi connectivity index (χ4n) is 1.53. The van der Waals surface area contributed by atoms with Gasteiger partial charge < -0.3 is 16.0 Å². The maximum Gasteiger partial charge on any atom is 0.409 e. The van der Waals surface area contributed by atoms with Crippen molar-refractivity contribution in [3.8, 4) is 0 Å². The maximum absolute atomic E-state index is 10.7. The van der Waals surface area contributed by atoms with Gasteiger partial charge in [-0.3, -0.25) is 4.90 Å². The number of carboxylic acid groups (broad SMARTS) is 1. The van der Waals surface area contributed by atoms with Gasteiger partial charge in [0.1, 0.15) is 5.66 Å². The summed E-state index contributed by atoms with van der Waals surface area (Å²) in [6.45, 7) is 0.387. The van der Waals surface area contributed by atoms with Gasteiger partial charge >= 0.3 is 6.09 Å². The lowest BCUT2D eigenvalue weighted by molar-refractivity contribution is 0.0866. The van der Waals surface area contributed by atoms with Crippen LogP contribution in [0.15, 0.2) is 5.16 Å². The van der Waals surface area contributed by atoms with Crippen molar-refractivity contribution in [3.05, 3.63) is 0 Å². The van der Waals surface area contributed by atoms with Crippen molar-refractivity contribution < 1.29 is 15.1 Å². The highest BCUT2D eigenvalue weighted by molar-refractivity contribution is 5.77. The number of piperidine rings is 1. The van der Waals surface area contributed by atoms with Crippen LogP contribution in [-0.2, 0) is 0 Å². The second-order valence-corrected chi connectivity index (χ2v) is 3.13.